The summed E-state index contributed by atoms with van der Waals surface area (Å²) < 4.78 is 1.75. The first-order chi connectivity index (χ1) is 12.7. The fraction of sp³-hybridized carbons (Fsp3) is 0.263. The lowest BCUT2D eigenvalue weighted by Gasteiger charge is -2.24. The van der Waals surface area contributed by atoms with Crippen molar-refractivity contribution >= 4 is 23.1 Å². The second kappa shape index (κ2) is 6.95. The number of hydrazone groups is 1. The Kier molecular flexibility index (Phi) is 4.35. The van der Waals surface area contributed by atoms with Gasteiger partial charge in [0.2, 0.25) is 5.91 Å². The lowest BCUT2D eigenvalue weighted by Crippen LogP contribution is -2.35. The number of fused-ring (bicyclic) bond motifs is 1. The third kappa shape index (κ3) is 3.28. The molecule has 3 aromatic rings. The number of anilines is 1. The van der Waals surface area contributed by atoms with E-state index in [0.717, 1.165) is 28.4 Å². The lowest BCUT2D eigenvalue weighted by molar-refractivity contribution is -0.131. The molecular formula is C19H20N6O. The van der Waals surface area contributed by atoms with Crippen LogP contribution in [0.4, 0.5) is 5.82 Å². The number of nitrogens with zero attached hydrogens (tertiary/aromatic N) is 5. The average Bonchev–Trinajstić information content (AvgIpc) is 3.12. The third-order valence-corrected chi connectivity index (χ3v) is 4.33. The van der Waals surface area contributed by atoms with Crippen molar-refractivity contribution in [3.63, 3.8) is 0 Å². The third-order valence-electron chi connectivity index (χ3n) is 4.33. The van der Waals surface area contributed by atoms with E-state index < -0.39 is 0 Å². The van der Waals surface area contributed by atoms with Gasteiger partial charge in [-0.15, -0.1) is 0 Å². The number of hydrogen-bond donors (Lipinski definition) is 1. The molecule has 1 N–H and O–H groups in total. The lowest BCUT2D eigenvalue weighted by atomic mass is 10.0. The van der Waals surface area contributed by atoms with E-state index in [4.69, 9.17) is 0 Å². The zero-order valence-electron chi connectivity index (χ0n) is 14.6. The van der Waals surface area contributed by atoms with Crippen molar-refractivity contribution in [1.29, 1.82) is 0 Å². The summed E-state index contributed by atoms with van der Waals surface area (Å²) in [7, 11) is 0. The van der Waals surface area contributed by atoms with Gasteiger partial charge in [0.25, 0.3) is 0 Å². The number of aromatic nitrogens is 3. The van der Waals surface area contributed by atoms with Crippen LogP contribution in [-0.2, 0) is 4.79 Å². The molecule has 0 radical (unpaired) electrons. The van der Waals surface area contributed by atoms with Crippen LogP contribution in [0.15, 0.2) is 53.8 Å². The highest BCUT2D eigenvalue weighted by molar-refractivity contribution is 6.04. The van der Waals surface area contributed by atoms with Crippen molar-refractivity contribution in [3.8, 4) is 0 Å². The van der Waals surface area contributed by atoms with Crippen molar-refractivity contribution in [1.82, 2.24) is 19.6 Å². The van der Waals surface area contributed by atoms with E-state index >= 15 is 0 Å². The van der Waals surface area contributed by atoms with E-state index in [-0.39, 0.29) is 5.91 Å². The maximum absolute atomic E-state index is 12.2. The Balaban J connectivity index is 1.46. The highest BCUT2D eigenvalue weighted by atomic mass is 16.2. The summed E-state index contributed by atoms with van der Waals surface area (Å²) in [4.78, 5) is 16.6. The quantitative estimate of drug-likeness (QED) is 0.769. The number of carbonyl (C=O) groups is 1. The molecule has 0 saturated heterocycles. The SMILES string of the molecule is Cc1cc(NCCN2N=C(c3ccccc3)CCC2=O)n2nccc2n1. The molecule has 7 heteroatoms. The molecule has 1 aliphatic rings. The van der Waals surface area contributed by atoms with Crippen LogP contribution in [0.1, 0.15) is 24.1 Å². The van der Waals surface area contributed by atoms with E-state index in [0.29, 0.717) is 25.9 Å². The van der Waals surface area contributed by atoms with Crippen molar-refractivity contribution < 1.29 is 4.79 Å². The summed E-state index contributed by atoms with van der Waals surface area (Å²) >= 11 is 0. The summed E-state index contributed by atoms with van der Waals surface area (Å²) in [6, 6.07) is 13.8. The molecule has 0 aliphatic carbocycles. The topological polar surface area (TPSA) is 74.9 Å². The van der Waals surface area contributed by atoms with Crippen LogP contribution in [0.25, 0.3) is 5.65 Å². The molecule has 26 heavy (non-hydrogen) atoms. The molecule has 1 aromatic carbocycles. The summed E-state index contributed by atoms with van der Waals surface area (Å²) in [5.41, 5.74) is 3.74. The summed E-state index contributed by atoms with van der Waals surface area (Å²) in [6.07, 6.45) is 2.90. The number of aryl methyl sites for hydroxylation is 1. The molecule has 2 aromatic heterocycles. The van der Waals surface area contributed by atoms with E-state index in [1.54, 1.807) is 15.7 Å². The molecule has 3 heterocycles. The van der Waals surface area contributed by atoms with E-state index in [2.05, 4.69) is 20.5 Å². The first-order valence-electron chi connectivity index (χ1n) is 8.69. The van der Waals surface area contributed by atoms with Crippen molar-refractivity contribution in [2.75, 3.05) is 18.4 Å². The minimum absolute atomic E-state index is 0.0571. The first-order valence-corrected chi connectivity index (χ1v) is 8.69. The second-order valence-electron chi connectivity index (χ2n) is 6.24. The number of nitrogens with one attached hydrogen (secondary N) is 1. The van der Waals surface area contributed by atoms with Crippen LogP contribution in [-0.4, -0.2) is 44.3 Å². The Morgan fingerprint density at radius 1 is 1.15 bits per heavy atom. The molecule has 0 spiro atoms. The van der Waals surface area contributed by atoms with Crippen LogP contribution in [0.2, 0.25) is 0 Å². The van der Waals surface area contributed by atoms with Crippen LogP contribution < -0.4 is 5.32 Å². The molecule has 0 saturated carbocycles. The number of hydrogen-bond acceptors (Lipinski definition) is 5. The van der Waals surface area contributed by atoms with Gasteiger partial charge in [0.15, 0.2) is 5.65 Å². The van der Waals surface area contributed by atoms with Crippen LogP contribution in [0.5, 0.6) is 0 Å². The van der Waals surface area contributed by atoms with Crippen molar-refractivity contribution in [2.45, 2.75) is 19.8 Å². The van der Waals surface area contributed by atoms with Gasteiger partial charge in [-0.25, -0.2) is 9.99 Å². The fourth-order valence-corrected chi connectivity index (χ4v) is 3.07. The zero-order chi connectivity index (χ0) is 17.9. The number of benzene rings is 1. The predicted octanol–water partition coefficient (Wildman–Crippen LogP) is 2.48. The maximum atomic E-state index is 12.2. The maximum Gasteiger partial charge on any atom is 0.243 e. The number of amides is 1. The first kappa shape index (κ1) is 16.3. The molecular weight excluding hydrogens is 328 g/mol. The molecule has 132 valence electrons. The molecule has 7 nitrogen and oxygen atoms in total. The van der Waals surface area contributed by atoms with E-state index in [1.807, 2.05) is 49.4 Å². The Bertz CT molecular complexity index is 963. The molecule has 1 amide bonds. The van der Waals surface area contributed by atoms with E-state index in [9.17, 15) is 4.79 Å². The van der Waals surface area contributed by atoms with Crippen LogP contribution in [0.3, 0.4) is 0 Å². The van der Waals surface area contributed by atoms with E-state index in [1.165, 1.54) is 0 Å². The standard InChI is InChI=1S/C19H20N6O/c1-14-13-18(25-17(22-14)9-10-21-25)20-11-12-24-19(26)8-7-16(23-24)15-5-3-2-4-6-15/h2-6,9-10,13,20H,7-8,11-12H2,1H3. The smallest absolute Gasteiger partial charge is 0.243 e. The van der Waals surface area contributed by atoms with Gasteiger partial charge in [-0.3, -0.25) is 4.79 Å². The Morgan fingerprint density at radius 3 is 2.85 bits per heavy atom. The van der Waals surface area contributed by atoms with Crippen LogP contribution in [0, 0.1) is 6.92 Å². The van der Waals surface area contributed by atoms with Crippen LogP contribution >= 0.6 is 0 Å². The minimum Gasteiger partial charge on any atom is -0.368 e. The molecule has 4 rings (SSSR count). The summed E-state index contributed by atoms with van der Waals surface area (Å²) in [6.45, 7) is 3.03. The molecule has 1 aliphatic heterocycles. The highest BCUT2D eigenvalue weighted by Crippen LogP contribution is 2.15. The van der Waals surface area contributed by atoms with Crippen molar-refractivity contribution in [3.05, 3.63) is 59.9 Å². The number of carbonyl (C=O) groups excluding carboxylic acids is 1. The monoisotopic (exact) mass is 348 g/mol. The molecule has 0 fully saturated rings. The Hall–Kier alpha value is -3.22. The highest BCUT2D eigenvalue weighted by Gasteiger charge is 2.20. The largest absolute Gasteiger partial charge is 0.368 e. The van der Waals surface area contributed by atoms with Gasteiger partial charge in [-0.2, -0.15) is 14.7 Å². The van der Waals surface area contributed by atoms with Gasteiger partial charge in [0.05, 0.1) is 18.5 Å². The summed E-state index contributed by atoms with van der Waals surface area (Å²) in [5, 5.41) is 13.7. The van der Waals surface area contributed by atoms with Gasteiger partial charge in [0.1, 0.15) is 5.82 Å². The van der Waals surface area contributed by atoms with Gasteiger partial charge in [-0.05, 0) is 12.5 Å². The summed E-state index contributed by atoms with van der Waals surface area (Å²) in [5.74, 6) is 0.913. The number of rotatable bonds is 5. The zero-order valence-corrected chi connectivity index (χ0v) is 14.6. The van der Waals surface area contributed by atoms with Crippen molar-refractivity contribution in [2.24, 2.45) is 5.10 Å². The predicted molar refractivity (Wildman–Crippen MR) is 100 cm³/mol. The molecule has 0 unspecified atom stereocenters. The molecule has 0 atom stereocenters. The Morgan fingerprint density at radius 2 is 2.00 bits per heavy atom. The second-order valence-corrected chi connectivity index (χ2v) is 6.24. The van der Waals surface area contributed by atoms with Gasteiger partial charge >= 0.3 is 0 Å². The van der Waals surface area contributed by atoms with Gasteiger partial charge in [0, 0.05) is 37.2 Å². The van der Waals surface area contributed by atoms with Gasteiger partial charge in [-0.1, -0.05) is 30.3 Å². The normalized spacial score (nSPS) is 14.6. The fourth-order valence-electron chi connectivity index (χ4n) is 3.07. The Labute approximate surface area is 151 Å². The average molecular weight is 348 g/mol. The molecule has 0 bridgehead atoms. The van der Waals surface area contributed by atoms with Gasteiger partial charge < -0.3 is 5.32 Å². The minimum atomic E-state index is 0.0571.